The van der Waals surface area contributed by atoms with E-state index in [1.807, 2.05) is 0 Å². The molecule has 1 unspecified atom stereocenters. The Hall–Kier alpha value is 0.690. The average Bonchev–Trinajstić information content (AvgIpc) is 1.31. The first kappa shape index (κ1) is 7.69. The summed E-state index contributed by atoms with van der Waals surface area (Å²) in [6.45, 7) is 2.21. The molecule has 0 rings (SSSR count). The van der Waals surface area contributed by atoms with Crippen molar-refractivity contribution in [2.75, 3.05) is 21.1 Å². The van der Waals surface area contributed by atoms with Gasteiger partial charge in [-0.05, 0) is 29.5 Å². The van der Waals surface area contributed by atoms with Gasteiger partial charge in [0.2, 0.25) is 0 Å². The molecule has 2 heteroatoms. The largest absolute Gasteiger partial charge is 0.321 e. The molecule has 0 aromatic heterocycles. The number of hydrogen-bond donors (Lipinski definition) is 0. The minimum Gasteiger partial charge on any atom is -0.321 e. The van der Waals surface area contributed by atoms with Gasteiger partial charge in [-0.3, -0.25) is 0 Å². The first-order chi connectivity index (χ1) is 2.94. The second-order valence-electron chi connectivity index (χ2n) is 2.69. The summed E-state index contributed by atoms with van der Waals surface area (Å²) in [4.78, 5) is 0. The summed E-state index contributed by atoms with van der Waals surface area (Å²) < 4.78 is 1.75. The lowest BCUT2D eigenvalue weighted by Crippen LogP contribution is -2.39. The van der Waals surface area contributed by atoms with Gasteiger partial charge in [0.1, 0.15) is 4.05 Å². The molecular formula is C5H13IN+. The Morgan fingerprint density at radius 3 is 1.43 bits per heavy atom. The lowest BCUT2D eigenvalue weighted by atomic mass is 10.6. The maximum absolute atomic E-state index is 2.42. The molecule has 0 saturated heterocycles. The van der Waals surface area contributed by atoms with Crippen LogP contribution in [0, 0.1) is 0 Å². The number of nitrogens with zero attached hydrogens (tertiary/aromatic N) is 1. The standard InChI is InChI=1S/C5H13IN/c1-5(6)7(2,3)4/h5H,1-4H3/q+1. The molecule has 0 aliphatic rings. The van der Waals surface area contributed by atoms with Crippen LogP contribution in [0.2, 0.25) is 0 Å². The number of alkyl halides is 1. The Labute approximate surface area is 59.4 Å². The summed E-state index contributed by atoms with van der Waals surface area (Å²) in [6.07, 6.45) is 0. The third kappa shape index (κ3) is 3.29. The van der Waals surface area contributed by atoms with Gasteiger partial charge >= 0.3 is 0 Å². The zero-order valence-corrected chi connectivity index (χ0v) is 7.56. The summed E-state index contributed by atoms with van der Waals surface area (Å²) in [7, 11) is 6.57. The minimum absolute atomic E-state index is 0.706. The lowest BCUT2D eigenvalue weighted by Gasteiger charge is -2.26. The van der Waals surface area contributed by atoms with E-state index >= 15 is 0 Å². The maximum Gasteiger partial charge on any atom is 0.136 e. The van der Waals surface area contributed by atoms with Crippen molar-refractivity contribution in [2.45, 2.75) is 11.0 Å². The summed E-state index contributed by atoms with van der Waals surface area (Å²) in [5, 5.41) is 0. The van der Waals surface area contributed by atoms with Crippen molar-refractivity contribution >= 4 is 22.6 Å². The van der Waals surface area contributed by atoms with E-state index in [-0.39, 0.29) is 0 Å². The van der Waals surface area contributed by atoms with E-state index in [0.717, 1.165) is 4.48 Å². The van der Waals surface area contributed by atoms with E-state index in [1.54, 1.807) is 0 Å². The highest BCUT2D eigenvalue weighted by Crippen LogP contribution is 2.07. The molecule has 44 valence electrons. The fourth-order valence-corrected chi connectivity index (χ4v) is 0. The van der Waals surface area contributed by atoms with Crippen LogP contribution in [-0.2, 0) is 0 Å². The number of quaternary nitrogens is 1. The van der Waals surface area contributed by atoms with E-state index < -0.39 is 0 Å². The summed E-state index contributed by atoms with van der Waals surface area (Å²) >= 11 is 2.42. The SMILES string of the molecule is CC(I)[N+](C)(C)C. The van der Waals surface area contributed by atoms with E-state index in [2.05, 4.69) is 50.7 Å². The van der Waals surface area contributed by atoms with Crippen molar-refractivity contribution in [1.82, 2.24) is 0 Å². The first-order valence-electron chi connectivity index (χ1n) is 2.40. The van der Waals surface area contributed by atoms with Crippen LogP contribution in [0.25, 0.3) is 0 Å². The van der Waals surface area contributed by atoms with Crippen LogP contribution < -0.4 is 0 Å². The molecule has 1 nitrogen and oxygen atoms in total. The molecule has 0 fully saturated rings. The Morgan fingerprint density at radius 2 is 1.43 bits per heavy atom. The van der Waals surface area contributed by atoms with Crippen molar-refractivity contribution in [3.8, 4) is 0 Å². The Balaban J connectivity index is 3.54. The maximum atomic E-state index is 2.42. The van der Waals surface area contributed by atoms with E-state index in [1.165, 1.54) is 0 Å². The molecule has 0 amide bonds. The van der Waals surface area contributed by atoms with Crippen molar-refractivity contribution in [3.05, 3.63) is 0 Å². The fraction of sp³-hybridized carbons (Fsp3) is 1.00. The molecule has 0 bridgehead atoms. The molecule has 0 N–H and O–H groups in total. The highest BCUT2D eigenvalue weighted by molar-refractivity contribution is 14.1. The van der Waals surface area contributed by atoms with Crippen LogP contribution >= 0.6 is 22.6 Å². The predicted octanol–water partition coefficient (Wildman–Crippen LogP) is 1.47. The van der Waals surface area contributed by atoms with Gasteiger partial charge in [0, 0.05) is 0 Å². The molecule has 7 heavy (non-hydrogen) atoms. The second-order valence-corrected chi connectivity index (χ2v) is 4.49. The molecule has 0 aliphatic carbocycles. The molecule has 0 spiro atoms. The Kier molecular flexibility index (Phi) is 2.53. The second kappa shape index (κ2) is 2.31. The molecule has 0 aliphatic heterocycles. The third-order valence-electron chi connectivity index (χ3n) is 1.07. The van der Waals surface area contributed by atoms with Gasteiger partial charge in [-0.1, -0.05) is 0 Å². The summed E-state index contributed by atoms with van der Waals surface area (Å²) in [5.41, 5.74) is 0. The highest BCUT2D eigenvalue weighted by atomic mass is 127. The molecular weight excluding hydrogens is 201 g/mol. The van der Waals surface area contributed by atoms with E-state index in [9.17, 15) is 0 Å². The highest BCUT2D eigenvalue weighted by Gasteiger charge is 2.12. The van der Waals surface area contributed by atoms with Gasteiger partial charge in [-0.25, -0.2) is 0 Å². The van der Waals surface area contributed by atoms with Crippen LogP contribution in [0.4, 0.5) is 0 Å². The van der Waals surface area contributed by atoms with Gasteiger partial charge in [-0.2, -0.15) is 0 Å². The first-order valence-corrected chi connectivity index (χ1v) is 3.64. The molecule has 0 heterocycles. The van der Waals surface area contributed by atoms with Gasteiger partial charge in [0.15, 0.2) is 0 Å². The minimum atomic E-state index is 0.706. The zero-order chi connectivity index (χ0) is 6.08. The average molecular weight is 214 g/mol. The normalized spacial score (nSPS) is 16.7. The monoisotopic (exact) mass is 214 g/mol. The molecule has 0 aromatic carbocycles. The zero-order valence-electron chi connectivity index (χ0n) is 5.40. The summed E-state index contributed by atoms with van der Waals surface area (Å²) in [6, 6.07) is 0. The fourth-order valence-electron chi connectivity index (χ4n) is 0. The van der Waals surface area contributed by atoms with E-state index in [4.69, 9.17) is 0 Å². The number of hydrogen-bond acceptors (Lipinski definition) is 0. The van der Waals surface area contributed by atoms with Gasteiger partial charge in [-0.15, -0.1) is 0 Å². The van der Waals surface area contributed by atoms with E-state index in [0.29, 0.717) is 4.05 Å². The van der Waals surface area contributed by atoms with Gasteiger partial charge in [0.05, 0.1) is 21.1 Å². The van der Waals surface area contributed by atoms with Crippen LogP contribution in [-0.4, -0.2) is 29.7 Å². The topological polar surface area (TPSA) is 0 Å². The molecule has 0 aromatic rings. The van der Waals surface area contributed by atoms with Crippen LogP contribution in [0.5, 0.6) is 0 Å². The Morgan fingerprint density at radius 1 is 1.29 bits per heavy atom. The van der Waals surface area contributed by atoms with Crippen LogP contribution in [0.3, 0.4) is 0 Å². The predicted molar refractivity (Wildman–Crippen MR) is 41.5 cm³/mol. The molecule has 0 saturated carbocycles. The lowest BCUT2D eigenvalue weighted by molar-refractivity contribution is -0.874. The van der Waals surface area contributed by atoms with Crippen molar-refractivity contribution in [1.29, 1.82) is 0 Å². The molecule has 0 radical (unpaired) electrons. The van der Waals surface area contributed by atoms with Crippen molar-refractivity contribution in [2.24, 2.45) is 0 Å². The van der Waals surface area contributed by atoms with Gasteiger partial charge < -0.3 is 4.48 Å². The van der Waals surface area contributed by atoms with Crippen LogP contribution in [0.1, 0.15) is 6.92 Å². The third-order valence-corrected chi connectivity index (χ3v) is 2.74. The van der Waals surface area contributed by atoms with Gasteiger partial charge in [0.25, 0.3) is 0 Å². The Bertz CT molecular complexity index is 53.6. The summed E-state index contributed by atoms with van der Waals surface area (Å²) in [5.74, 6) is 0. The number of halogens is 1. The van der Waals surface area contributed by atoms with Crippen molar-refractivity contribution < 1.29 is 4.48 Å². The molecule has 1 atom stereocenters. The number of rotatable bonds is 1. The smallest absolute Gasteiger partial charge is 0.136 e. The van der Waals surface area contributed by atoms with Crippen LogP contribution in [0.15, 0.2) is 0 Å². The quantitative estimate of drug-likeness (QED) is 0.268. The van der Waals surface area contributed by atoms with Crippen molar-refractivity contribution in [3.63, 3.8) is 0 Å².